The molecule has 4 nitrogen and oxygen atoms in total. The molecule has 116 valence electrons. The lowest BCUT2D eigenvalue weighted by atomic mass is 10.1. The third-order valence-electron chi connectivity index (χ3n) is 3.50. The van der Waals surface area contributed by atoms with Gasteiger partial charge < -0.3 is 4.98 Å². The second kappa shape index (κ2) is 5.92. The molecule has 0 spiro atoms. The molecule has 1 heterocycles. The summed E-state index contributed by atoms with van der Waals surface area (Å²) in [6.07, 6.45) is 0. The number of hydrogen-bond acceptors (Lipinski definition) is 3. The highest BCUT2D eigenvalue weighted by Crippen LogP contribution is 2.24. The van der Waals surface area contributed by atoms with E-state index in [1.807, 2.05) is 6.07 Å². The van der Waals surface area contributed by atoms with Crippen LogP contribution in [-0.4, -0.2) is 15.5 Å². The van der Waals surface area contributed by atoms with Crippen LogP contribution in [0.25, 0.3) is 10.9 Å². The van der Waals surface area contributed by atoms with Crippen molar-refractivity contribution in [2.75, 3.05) is 0 Å². The van der Waals surface area contributed by atoms with Gasteiger partial charge in [-0.25, -0.2) is 4.57 Å². The van der Waals surface area contributed by atoms with Crippen molar-refractivity contribution in [2.45, 2.75) is 6.92 Å². The van der Waals surface area contributed by atoms with Crippen LogP contribution >= 0.6 is 35.4 Å². The number of nitrogens with zero attached hydrogens (tertiary/aromatic N) is 1. The Morgan fingerprint density at radius 3 is 2.61 bits per heavy atom. The number of aromatic amines is 1. The molecule has 0 bridgehead atoms. The average molecular weight is 365 g/mol. The van der Waals surface area contributed by atoms with Gasteiger partial charge in [-0.1, -0.05) is 41.4 Å². The minimum atomic E-state index is -0.554. The van der Waals surface area contributed by atoms with Crippen molar-refractivity contribution in [3.63, 3.8) is 0 Å². The van der Waals surface area contributed by atoms with E-state index in [9.17, 15) is 9.59 Å². The first-order valence-corrected chi connectivity index (χ1v) is 7.81. The van der Waals surface area contributed by atoms with Crippen molar-refractivity contribution >= 4 is 52.2 Å². The number of H-pyrrole nitrogens is 1. The Morgan fingerprint density at radius 2 is 1.91 bits per heavy atom. The van der Waals surface area contributed by atoms with Crippen LogP contribution in [0.2, 0.25) is 10.0 Å². The molecule has 0 aliphatic rings. The number of carbonyl (C=O) groups excluding carboxylic acids is 1. The molecule has 23 heavy (non-hydrogen) atoms. The maximum atomic E-state index is 12.7. The number of aryl methyl sites for hydroxylation is 1. The molecule has 0 saturated carbocycles. The summed E-state index contributed by atoms with van der Waals surface area (Å²) in [5, 5.41) is 0.782. The maximum absolute atomic E-state index is 12.7. The van der Waals surface area contributed by atoms with E-state index in [0.717, 1.165) is 10.1 Å². The van der Waals surface area contributed by atoms with E-state index in [1.165, 1.54) is 12.1 Å². The topological polar surface area (TPSA) is 54.9 Å². The van der Waals surface area contributed by atoms with E-state index < -0.39 is 11.5 Å². The third-order valence-corrected chi connectivity index (χ3v) is 4.30. The number of nitrogens with one attached hydrogen (secondary N) is 1. The second-order valence-corrected chi connectivity index (χ2v) is 6.23. The Labute approximate surface area is 146 Å². The summed E-state index contributed by atoms with van der Waals surface area (Å²) in [5.74, 6) is -0.493. The van der Waals surface area contributed by atoms with Crippen LogP contribution in [0.1, 0.15) is 15.9 Å². The fourth-order valence-electron chi connectivity index (χ4n) is 2.36. The van der Waals surface area contributed by atoms with Crippen molar-refractivity contribution < 1.29 is 4.79 Å². The molecule has 2 aromatic carbocycles. The Hall–Kier alpha value is -1.95. The Balaban J connectivity index is 2.35. The van der Waals surface area contributed by atoms with Gasteiger partial charge in [0, 0.05) is 10.6 Å². The first kappa shape index (κ1) is 15.9. The van der Waals surface area contributed by atoms with E-state index in [-0.39, 0.29) is 15.2 Å². The lowest BCUT2D eigenvalue weighted by Crippen LogP contribution is -2.29. The van der Waals surface area contributed by atoms with Crippen molar-refractivity contribution in [2.24, 2.45) is 0 Å². The fourth-order valence-corrected chi connectivity index (χ4v) is 3.17. The lowest BCUT2D eigenvalue weighted by Gasteiger charge is -2.09. The summed E-state index contributed by atoms with van der Waals surface area (Å²) < 4.78 is 0.909. The zero-order valence-corrected chi connectivity index (χ0v) is 14.2. The van der Waals surface area contributed by atoms with Gasteiger partial charge in [-0.2, -0.15) is 0 Å². The number of rotatable bonds is 1. The Kier molecular flexibility index (Phi) is 4.10. The summed E-state index contributed by atoms with van der Waals surface area (Å²) >= 11 is 17.2. The summed E-state index contributed by atoms with van der Waals surface area (Å²) in [4.78, 5) is 28.3. The molecule has 0 saturated heterocycles. The molecule has 7 heteroatoms. The van der Waals surface area contributed by atoms with Gasteiger partial charge in [-0.15, -0.1) is 0 Å². The Bertz CT molecular complexity index is 1070. The van der Waals surface area contributed by atoms with Crippen molar-refractivity contribution in [3.8, 4) is 0 Å². The molecule has 0 unspecified atom stereocenters. The minimum Gasteiger partial charge on any atom is -0.330 e. The highest BCUT2D eigenvalue weighted by atomic mass is 35.5. The highest BCUT2D eigenvalue weighted by Gasteiger charge is 2.17. The smallest absolute Gasteiger partial charge is 0.269 e. The van der Waals surface area contributed by atoms with Crippen LogP contribution in [0.5, 0.6) is 0 Å². The van der Waals surface area contributed by atoms with Gasteiger partial charge >= 0.3 is 0 Å². The van der Waals surface area contributed by atoms with E-state index in [2.05, 4.69) is 4.98 Å². The van der Waals surface area contributed by atoms with Crippen molar-refractivity contribution in [1.29, 1.82) is 0 Å². The Morgan fingerprint density at radius 1 is 1.22 bits per heavy atom. The molecular formula is C16H10Cl2N2O2S. The van der Waals surface area contributed by atoms with Crippen LogP contribution in [0.4, 0.5) is 0 Å². The maximum Gasteiger partial charge on any atom is 0.269 e. The van der Waals surface area contributed by atoms with Gasteiger partial charge in [0.15, 0.2) is 4.77 Å². The van der Waals surface area contributed by atoms with E-state index in [4.69, 9.17) is 35.4 Å². The zero-order chi connectivity index (χ0) is 16.7. The predicted octanol–water partition coefficient (Wildman–Crippen LogP) is 4.36. The van der Waals surface area contributed by atoms with Gasteiger partial charge in [-0.05, 0) is 42.9 Å². The number of aromatic nitrogens is 2. The number of fused-ring (bicyclic) bond motifs is 1. The summed E-state index contributed by atoms with van der Waals surface area (Å²) in [6, 6.07) is 9.94. The fraction of sp³-hybridized carbons (Fsp3) is 0.0625. The summed E-state index contributed by atoms with van der Waals surface area (Å²) in [5.41, 5.74) is 0.964. The number of carbonyl (C=O) groups is 1. The molecule has 0 fully saturated rings. The zero-order valence-electron chi connectivity index (χ0n) is 11.9. The molecule has 1 aromatic heterocycles. The van der Waals surface area contributed by atoms with Crippen LogP contribution in [-0.2, 0) is 0 Å². The first-order valence-electron chi connectivity index (χ1n) is 6.64. The SMILES string of the molecule is Cc1ccccc1C(=O)n1c(=S)[nH]c2c(Cl)cc(Cl)cc2c1=O. The summed E-state index contributed by atoms with van der Waals surface area (Å²) in [6.45, 7) is 1.79. The molecule has 0 amide bonds. The van der Waals surface area contributed by atoms with Crippen LogP contribution < -0.4 is 5.56 Å². The number of hydrogen-bond donors (Lipinski definition) is 1. The average Bonchev–Trinajstić information content (AvgIpc) is 2.49. The largest absolute Gasteiger partial charge is 0.330 e. The molecule has 1 N–H and O–H groups in total. The predicted molar refractivity (Wildman–Crippen MR) is 94.3 cm³/mol. The monoisotopic (exact) mass is 364 g/mol. The first-order chi connectivity index (χ1) is 10.9. The number of benzene rings is 2. The standard InChI is InChI=1S/C16H10Cl2N2O2S/c1-8-4-2-3-5-10(8)14(21)20-15(22)11-6-9(17)7-12(18)13(11)19-16(20)23/h2-7H,1H3,(H,19,23). The summed E-state index contributed by atoms with van der Waals surface area (Å²) in [7, 11) is 0. The van der Waals surface area contributed by atoms with Crippen LogP contribution in [0.15, 0.2) is 41.2 Å². The van der Waals surface area contributed by atoms with Gasteiger partial charge in [0.1, 0.15) is 0 Å². The lowest BCUT2D eigenvalue weighted by molar-refractivity contribution is 0.0953. The molecule has 3 aromatic rings. The third kappa shape index (κ3) is 2.72. The molecule has 0 radical (unpaired) electrons. The number of halogens is 2. The molecule has 0 aliphatic heterocycles. The molecule has 3 rings (SSSR count). The van der Waals surface area contributed by atoms with E-state index in [0.29, 0.717) is 16.1 Å². The van der Waals surface area contributed by atoms with Crippen molar-refractivity contribution in [1.82, 2.24) is 9.55 Å². The quantitative estimate of drug-likeness (QED) is 0.652. The minimum absolute atomic E-state index is 0.0139. The van der Waals surface area contributed by atoms with E-state index in [1.54, 1.807) is 25.1 Å². The van der Waals surface area contributed by atoms with E-state index >= 15 is 0 Å². The van der Waals surface area contributed by atoms with Gasteiger partial charge in [0.2, 0.25) is 0 Å². The van der Waals surface area contributed by atoms with Gasteiger partial charge in [0.05, 0.1) is 15.9 Å². The van der Waals surface area contributed by atoms with Gasteiger partial charge in [0.25, 0.3) is 11.5 Å². The van der Waals surface area contributed by atoms with Crippen molar-refractivity contribution in [3.05, 3.63) is 72.7 Å². The normalized spacial score (nSPS) is 10.9. The van der Waals surface area contributed by atoms with Crippen LogP contribution in [0.3, 0.4) is 0 Å². The van der Waals surface area contributed by atoms with Gasteiger partial charge in [-0.3, -0.25) is 9.59 Å². The molecular weight excluding hydrogens is 355 g/mol. The molecule has 0 atom stereocenters. The second-order valence-electron chi connectivity index (χ2n) is 5.00. The van der Waals surface area contributed by atoms with Crippen LogP contribution in [0, 0.1) is 11.7 Å². The molecule has 0 aliphatic carbocycles. The highest BCUT2D eigenvalue weighted by molar-refractivity contribution is 7.71.